The Morgan fingerprint density at radius 2 is 2.25 bits per heavy atom. The molecule has 0 unspecified atom stereocenters. The fraction of sp³-hybridized carbons (Fsp3) is 0.375. The molecule has 0 aromatic heterocycles. The maximum Gasteiger partial charge on any atom is 0.311 e. The average Bonchev–Trinajstić information content (AvgIpc) is 2.52. The van der Waals surface area contributed by atoms with Gasteiger partial charge in [-0.05, 0) is 18.2 Å². The van der Waals surface area contributed by atoms with Crippen LogP contribution in [0.2, 0.25) is 5.02 Å². The van der Waals surface area contributed by atoms with Crippen LogP contribution in [0, 0.1) is 22.5 Å². The van der Waals surface area contributed by atoms with Gasteiger partial charge in [0.1, 0.15) is 5.75 Å². The average molecular weight is 353 g/mol. The Bertz CT molecular complexity index is 680. The molecule has 1 aromatic carbocycles. The van der Waals surface area contributed by atoms with Crippen LogP contribution in [0.15, 0.2) is 23.4 Å². The van der Waals surface area contributed by atoms with Gasteiger partial charge in [0.05, 0.1) is 12.6 Å². The molecule has 1 aromatic rings. The van der Waals surface area contributed by atoms with Gasteiger partial charge in [0.15, 0.2) is 6.61 Å². The zero-order valence-electron chi connectivity index (χ0n) is 13.3. The second-order valence-corrected chi connectivity index (χ2v) is 5.87. The quantitative estimate of drug-likeness (QED) is 0.136. The summed E-state index contributed by atoms with van der Waals surface area (Å²) in [6, 6.07) is 4.58. The summed E-state index contributed by atoms with van der Waals surface area (Å²) in [7, 11) is 0. The highest BCUT2D eigenvalue weighted by Gasteiger charge is 2.31. The van der Waals surface area contributed by atoms with Gasteiger partial charge in [0, 0.05) is 35.8 Å². The van der Waals surface area contributed by atoms with E-state index >= 15 is 0 Å². The molecule has 24 heavy (non-hydrogen) atoms. The third-order valence-corrected chi connectivity index (χ3v) is 3.28. The fourth-order valence-electron chi connectivity index (χ4n) is 1.55. The van der Waals surface area contributed by atoms with E-state index in [1.165, 1.54) is 32.2 Å². The van der Waals surface area contributed by atoms with E-state index in [1.54, 1.807) is 6.07 Å². The standard InChI is InChI=1S/C16H17ClN2O5/c1-4-9-23-18-11-12-10-13(17)5-6-14(12)24-15(20)7-8-16(2,3)19(21)22/h1,5-6,10-11H,7-9H2,2-3H3. The number of nitrogens with zero attached hydrogens (tertiary/aromatic N) is 2. The molecule has 8 heteroatoms. The summed E-state index contributed by atoms with van der Waals surface area (Å²) < 4.78 is 5.23. The molecule has 7 nitrogen and oxygen atoms in total. The highest BCUT2D eigenvalue weighted by molar-refractivity contribution is 6.30. The van der Waals surface area contributed by atoms with Gasteiger partial charge >= 0.3 is 5.97 Å². The maximum absolute atomic E-state index is 11.9. The molecule has 128 valence electrons. The minimum absolute atomic E-state index is 0.00214. The molecule has 0 spiro atoms. The number of terminal acetylenes is 1. The number of halogens is 1. The Morgan fingerprint density at radius 3 is 2.88 bits per heavy atom. The third kappa shape index (κ3) is 6.26. The van der Waals surface area contributed by atoms with E-state index in [0.717, 1.165) is 0 Å². The molecule has 0 radical (unpaired) electrons. The van der Waals surface area contributed by atoms with Crippen molar-refractivity contribution in [1.29, 1.82) is 0 Å². The minimum Gasteiger partial charge on any atom is -0.426 e. The van der Waals surface area contributed by atoms with E-state index in [1.807, 2.05) is 0 Å². The smallest absolute Gasteiger partial charge is 0.311 e. The van der Waals surface area contributed by atoms with Gasteiger partial charge in [-0.15, -0.1) is 6.42 Å². The molecule has 0 aliphatic heterocycles. The first-order chi connectivity index (χ1) is 11.3. The largest absolute Gasteiger partial charge is 0.426 e. The fourth-order valence-corrected chi connectivity index (χ4v) is 1.74. The predicted molar refractivity (Wildman–Crippen MR) is 89.8 cm³/mol. The SMILES string of the molecule is C#CCON=Cc1cc(Cl)ccc1OC(=O)CCC(C)(C)[N+](=O)[O-]. The van der Waals surface area contributed by atoms with Crippen molar-refractivity contribution in [3.63, 3.8) is 0 Å². The number of ether oxygens (including phenoxy) is 1. The van der Waals surface area contributed by atoms with Crippen molar-refractivity contribution in [1.82, 2.24) is 0 Å². The van der Waals surface area contributed by atoms with Gasteiger partial charge < -0.3 is 9.57 Å². The lowest BCUT2D eigenvalue weighted by Crippen LogP contribution is -2.31. The van der Waals surface area contributed by atoms with E-state index in [-0.39, 0.29) is 25.2 Å². The second-order valence-electron chi connectivity index (χ2n) is 5.44. The van der Waals surface area contributed by atoms with Crippen molar-refractivity contribution in [3.8, 4) is 18.1 Å². The van der Waals surface area contributed by atoms with Gasteiger partial charge in [-0.3, -0.25) is 14.9 Å². The lowest BCUT2D eigenvalue weighted by atomic mass is 10.00. The summed E-state index contributed by atoms with van der Waals surface area (Å²) in [5.74, 6) is 1.88. The highest BCUT2D eigenvalue weighted by atomic mass is 35.5. The highest BCUT2D eigenvalue weighted by Crippen LogP contribution is 2.23. The predicted octanol–water partition coefficient (Wildman–Crippen LogP) is 3.06. The Morgan fingerprint density at radius 1 is 1.54 bits per heavy atom. The number of benzene rings is 1. The van der Waals surface area contributed by atoms with Crippen LogP contribution < -0.4 is 4.74 Å². The monoisotopic (exact) mass is 352 g/mol. The van der Waals surface area contributed by atoms with Crippen molar-refractivity contribution in [2.24, 2.45) is 5.16 Å². The van der Waals surface area contributed by atoms with Gasteiger partial charge in [-0.2, -0.15) is 0 Å². The van der Waals surface area contributed by atoms with Crippen molar-refractivity contribution in [2.75, 3.05) is 6.61 Å². The Kier molecular flexibility index (Phi) is 7.21. The molecule has 0 N–H and O–H groups in total. The van der Waals surface area contributed by atoms with Crippen LogP contribution in [-0.2, 0) is 9.63 Å². The first kappa shape index (κ1) is 19.5. The van der Waals surface area contributed by atoms with Crippen LogP contribution >= 0.6 is 11.6 Å². The molecule has 0 aliphatic carbocycles. The summed E-state index contributed by atoms with van der Waals surface area (Å²) in [6.45, 7) is 2.90. The maximum atomic E-state index is 11.9. The van der Waals surface area contributed by atoms with Gasteiger partial charge in [-0.1, -0.05) is 22.7 Å². The van der Waals surface area contributed by atoms with Crippen molar-refractivity contribution in [2.45, 2.75) is 32.2 Å². The van der Waals surface area contributed by atoms with Crippen LogP contribution in [0.4, 0.5) is 0 Å². The van der Waals surface area contributed by atoms with E-state index < -0.39 is 16.4 Å². The summed E-state index contributed by atoms with van der Waals surface area (Å²) >= 11 is 5.90. The first-order valence-corrected chi connectivity index (χ1v) is 7.37. The van der Waals surface area contributed by atoms with Crippen molar-refractivity contribution in [3.05, 3.63) is 38.9 Å². The summed E-state index contributed by atoms with van der Waals surface area (Å²) in [4.78, 5) is 27.1. The number of rotatable bonds is 8. The Balaban J connectivity index is 2.76. The van der Waals surface area contributed by atoms with Crippen LogP contribution in [-0.4, -0.2) is 29.3 Å². The number of esters is 1. The summed E-state index contributed by atoms with van der Waals surface area (Å²) in [5.41, 5.74) is -0.784. The van der Waals surface area contributed by atoms with E-state index in [2.05, 4.69) is 11.1 Å². The molecular formula is C16H17ClN2O5. The molecule has 0 aliphatic rings. The molecule has 0 bridgehead atoms. The lowest BCUT2D eigenvalue weighted by molar-refractivity contribution is -0.561. The van der Waals surface area contributed by atoms with Crippen LogP contribution in [0.3, 0.4) is 0 Å². The van der Waals surface area contributed by atoms with Gasteiger partial charge in [0.2, 0.25) is 5.54 Å². The molecule has 0 heterocycles. The van der Waals surface area contributed by atoms with E-state index in [4.69, 9.17) is 27.6 Å². The Labute approximate surface area is 144 Å². The lowest BCUT2D eigenvalue weighted by Gasteiger charge is -2.14. The van der Waals surface area contributed by atoms with E-state index in [0.29, 0.717) is 10.6 Å². The number of oxime groups is 1. The van der Waals surface area contributed by atoms with Crippen molar-refractivity contribution >= 4 is 23.8 Å². The minimum atomic E-state index is -1.20. The van der Waals surface area contributed by atoms with Crippen molar-refractivity contribution < 1.29 is 19.3 Å². The Hall–Kier alpha value is -2.59. The van der Waals surface area contributed by atoms with Gasteiger partial charge in [-0.25, -0.2) is 0 Å². The number of hydrogen-bond acceptors (Lipinski definition) is 6. The number of carbonyl (C=O) groups is 1. The van der Waals surface area contributed by atoms with Crippen LogP contribution in [0.1, 0.15) is 32.3 Å². The van der Waals surface area contributed by atoms with E-state index in [9.17, 15) is 14.9 Å². The topological polar surface area (TPSA) is 91.0 Å². The van der Waals surface area contributed by atoms with Crippen LogP contribution in [0.25, 0.3) is 0 Å². The molecule has 0 amide bonds. The molecule has 0 saturated carbocycles. The van der Waals surface area contributed by atoms with Crippen LogP contribution in [0.5, 0.6) is 5.75 Å². The molecular weight excluding hydrogens is 336 g/mol. The molecule has 1 rings (SSSR count). The molecule has 0 saturated heterocycles. The normalized spacial score (nSPS) is 11.1. The number of hydrogen-bond donors (Lipinski definition) is 0. The molecule has 0 atom stereocenters. The number of carbonyl (C=O) groups excluding carboxylic acids is 1. The zero-order valence-corrected chi connectivity index (χ0v) is 14.1. The summed E-state index contributed by atoms with van der Waals surface area (Å²) in [5, 5.41) is 14.9. The van der Waals surface area contributed by atoms with Gasteiger partial charge in [0.25, 0.3) is 0 Å². The first-order valence-electron chi connectivity index (χ1n) is 7.00. The second kappa shape index (κ2) is 8.89. The third-order valence-electron chi connectivity index (χ3n) is 3.05. The summed E-state index contributed by atoms with van der Waals surface area (Å²) in [6.07, 6.45) is 6.30. The number of nitro groups is 1. The molecule has 0 fully saturated rings. The zero-order chi connectivity index (χ0) is 18.2.